The third-order valence-corrected chi connectivity index (χ3v) is 3.79. The summed E-state index contributed by atoms with van der Waals surface area (Å²) in [6, 6.07) is 5.43. The van der Waals surface area contributed by atoms with Gasteiger partial charge < -0.3 is 19.9 Å². The Bertz CT molecular complexity index is 603. The summed E-state index contributed by atoms with van der Waals surface area (Å²) in [5, 5.41) is 4.09. The van der Waals surface area contributed by atoms with E-state index in [4.69, 9.17) is 15.0 Å². The zero-order valence-corrected chi connectivity index (χ0v) is 12.2. The molecule has 0 bridgehead atoms. The van der Waals surface area contributed by atoms with Gasteiger partial charge in [-0.1, -0.05) is 12.8 Å². The highest BCUT2D eigenvalue weighted by Crippen LogP contribution is 2.29. The highest BCUT2D eigenvalue weighted by molar-refractivity contribution is 5.72. The van der Waals surface area contributed by atoms with Crippen LogP contribution in [0.5, 0.6) is 5.75 Å². The number of methoxy groups -OCH3 is 1. The van der Waals surface area contributed by atoms with Crippen molar-refractivity contribution in [1.82, 2.24) is 10.1 Å². The summed E-state index contributed by atoms with van der Waals surface area (Å²) in [4.78, 5) is 6.67. The number of nitrogens with two attached hydrogens (primary N) is 1. The lowest BCUT2D eigenvalue weighted by Crippen LogP contribution is -2.24. The summed E-state index contributed by atoms with van der Waals surface area (Å²) < 4.78 is 10.5. The van der Waals surface area contributed by atoms with Gasteiger partial charge in [0, 0.05) is 24.8 Å². The van der Waals surface area contributed by atoms with Crippen LogP contribution in [0, 0.1) is 0 Å². The van der Waals surface area contributed by atoms with Gasteiger partial charge in [0.1, 0.15) is 5.75 Å². The molecule has 21 heavy (non-hydrogen) atoms. The molecule has 2 aromatic rings. The first-order valence-electron chi connectivity index (χ1n) is 7.30. The maximum Gasteiger partial charge on any atom is 0.266 e. The molecular weight excluding hydrogens is 268 g/mol. The van der Waals surface area contributed by atoms with Gasteiger partial charge in [0.25, 0.3) is 11.8 Å². The summed E-state index contributed by atoms with van der Waals surface area (Å²) in [7, 11) is 1.61. The SMILES string of the molecule is COc1ccc(-c2nc(N3CCCCCC3)no2)c(N)c1. The molecule has 1 fully saturated rings. The van der Waals surface area contributed by atoms with E-state index in [0.29, 0.717) is 23.3 Å². The van der Waals surface area contributed by atoms with Gasteiger partial charge in [0.05, 0.1) is 12.7 Å². The molecule has 0 spiro atoms. The number of rotatable bonds is 3. The molecule has 0 radical (unpaired) electrons. The van der Waals surface area contributed by atoms with E-state index in [1.165, 1.54) is 25.7 Å². The predicted octanol–water partition coefficient (Wildman–Crippen LogP) is 2.71. The highest BCUT2D eigenvalue weighted by atomic mass is 16.5. The van der Waals surface area contributed by atoms with Gasteiger partial charge in [-0.15, -0.1) is 0 Å². The average Bonchev–Trinajstić information content (AvgIpc) is 2.82. The molecule has 2 N–H and O–H groups in total. The summed E-state index contributed by atoms with van der Waals surface area (Å²) in [5.41, 5.74) is 7.33. The molecule has 0 amide bonds. The fraction of sp³-hybridized carbons (Fsp3) is 0.467. The minimum Gasteiger partial charge on any atom is -0.497 e. The van der Waals surface area contributed by atoms with Crippen LogP contribution < -0.4 is 15.4 Å². The number of aromatic nitrogens is 2. The molecule has 0 saturated carbocycles. The molecule has 1 aliphatic heterocycles. The normalized spacial score (nSPS) is 15.8. The lowest BCUT2D eigenvalue weighted by atomic mass is 10.1. The van der Waals surface area contributed by atoms with Gasteiger partial charge >= 0.3 is 0 Å². The summed E-state index contributed by atoms with van der Waals surface area (Å²) in [5.74, 6) is 1.82. The molecule has 0 aliphatic carbocycles. The van der Waals surface area contributed by atoms with Crippen molar-refractivity contribution in [2.75, 3.05) is 30.8 Å². The third-order valence-electron chi connectivity index (χ3n) is 3.79. The van der Waals surface area contributed by atoms with Crippen molar-refractivity contribution >= 4 is 11.6 Å². The smallest absolute Gasteiger partial charge is 0.266 e. The second kappa shape index (κ2) is 6.03. The monoisotopic (exact) mass is 288 g/mol. The quantitative estimate of drug-likeness (QED) is 0.875. The number of anilines is 2. The number of ether oxygens (including phenoxy) is 1. The molecule has 112 valence electrons. The Balaban J connectivity index is 1.84. The second-order valence-corrected chi connectivity index (χ2v) is 5.25. The number of nitrogen functional groups attached to an aromatic ring is 1. The maximum absolute atomic E-state index is 6.02. The summed E-state index contributed by atoms with van der Waals surface area (Å²) in [6.45, 7) is 1.97. The Morgan fingerprint density at radius 2 is 1.95 bits per heavy atom. The van der Waals surface area contributed by atoms with Crippen molar-refractivity contribution in [2.45, 2.75) is 25.7 Å². The van der Waals surface area contributed by atoms with Crippen LogP contribution in [0.15, 0.2) is 22.7 Å². The molecule has 6 heteroatoms. The molecule has 3 rings (SSSR count). The second-order valence-electron chi connectivity index (χ2n) is 5.25. The van der Waals surface area contributed by atoms with Crippen LogP contribution in [0.25, 0.3) is 11.5 Å². The largest absolute Gasteiger partial charge is 0.497 e. The van der Waals surface area contributed by atoms with Gasteiger partial charge in [-0.2, -0.15) is 4.98 Å². The molecule has 1 aromatic carbocycles. The van der Waals surface area contributed by atoms with E-state index in [1.807, 2.05) is 12.1 Å². The van der Waals surface area contributed by atoms with Crippen LogP contribution in [0.1, 0.15) is 25.7 Å². The zero-order valence-electron chi connectivity index (χ0n) is 12.2. The van der Waals surface area contributed by atoms with Crippen LogP contribution in [0.3, 0.4) is 0 Å². The summed E-state index contributed by atoms with van der Waals surface area (Å²) >= 11 is 0. The molecule has 6 nitrogen and oxygen atoms in total. The lowest BCUT2D eigenvalue weighted by molar-refractivity contribution is 0.414. The fourth-order valence-electron chi connectivity index (χ4n) is 2.59. The predicted molar refractivity (Wildman–Crippen MR) is 81.4 cm³/mol. The van der Waals surface area contributed by atoms with Gasteiger partial charge in [-0.25, -0.2) is 0 Å². The van der Waals surface area contributed by atoms with Crippen molar-refractivity contribution in [3.05, 3.63) is 18.2 Å². The molecular formula is C15H20N4O2. The molecule has 1 saturated heterocycles. The maximum atomic E-state index is 6.02. The van der Waals surface area contributed by atoms with Crippen molar-refractivity contribution in [1.29, 1.82) is 0 Å². The van der Waals surface area contributed by atoms with Crippen LogP contribution in [0.4, 0.5) is 11.6 Å². The Kier molecular flexibility index (Phi) is 3.94. The van der Waals surface area contributed by atoms with E-state index in [0.717, 1.165) is 18.7 Å². The Morgan fingerprint density at radius 1 is 1.19 bits per heavy atom. The van der Waals surface area contributed by atoms with E-state index < -0.39 is 0 Å². The summed E-state index contributed by atoms with van der Waals surface area (Å²) in [6.07, 6.45) is 4.89. The van der Waals surface area contributed by atoms with Gasteiger partial charge in [0.2, 0.25) is 0 Å². The number of hydrogen-bond acceptors (Lipinski definition) is 6. The van der Waals surface area contributed by atoms with Crippen LogP contribution in [0.2, 0.25) is 0 Å². The van der Waals surface area contributed by atoms with E-state index in [2.05, 4.69) is 15.0 Å². The third kappa shape index (κ3) is 2.94. The first-order chi connectivity index (χ1) is 10.3. The van der Waals surface area contributed by atoms with Crippen molar-refractivity contribution in [3.63, 3.8) is 0 Å². The van der Waals surface area contributed by atoms with Crippen LogP contribution in [-0.2, 0) is 0 Å². The molecule has 0 atom stereocenters. The van der Waals surface area contributed by atoms with E-state index in [1.54, 1.807) is 13.2 Å². The Morgan fingerprint density at radius 3 is 2.62 bits per heavy atom. The minimum atomic E-state index is 0.453. The Hall–Kier alpha value is -2.24. The van der Waals surface area contributed by atoms with Crippen LogP contribution in [-0.4, -0.2) is 30.3 Å². The standard InChI is InChI=1S/C15H20N4O2/c1-20-11-6-7-12(13(16)10-11)14-17-15(18-21-14)19-8-4-2-3-5-9-19/h6-7,10H,2-5,8-9,16H2,1H3. The number of hydrogen-bond donors (Lipinski definition) is 1. The first-order valence-corrected chi connectivity index (χ1v) is 7.30. The first kappa shape index (κ1) is 13.7. The van der Waals surface area contributed by atoms with Gasteiger partial charge in [-0.05, 0) is 30.1 Å². The van der Waals surface area contributed by atoms with Gasteiger partial charge in [0.15, 0.2) is 0 Å². The van der Waals surface area contributed by atoms with E-state index >= 15 is 0 Å². The van der Waals surface area contributed by atoms with E-state index in [9.17, 15) is 0 Å². The zero-order chi connectivity index (χ0) is 14.7. The number of nitrogens with zero attached hydrogens (tertiary/aromatic N) is 3. The fourth-order valence-corrected chi connectivity index (χ4v) is 2.59. The topological polar surface area (TPSA) is 77.4 Å². The molecule has 1 aromatic heterocycles. The molecule has 1 aliphatic rings. The Labute approximate surface area is 123 Å². The minimum absolute atomic E-state index is 0.453. The van der Waals surface area contributed by atoms with Crippen LogP contribution >= 0.6 is 0 Å². The molecule has 2 heterocycles. The van der Waals surface area contributed by atoms with E-state index in [-0.39, 0.29) is 0 Å². The van der Waals surface area contributed by atoms with Crippen molar-refractivity contribution < 1.29 is 9.26 Å². The van der Waals surface area contributed by atoms with Crippen molar-refractivity contribution in [3.8, 4) is 17.2 Å². The highest BCUT2D eigenvalue weighted by Gasteiger charge is 2.18. The van der Waals surface area contributed by atoms with Crippen molar-refractivity contribution in [2.24, 2.45) is 0 Å². The lowest BCUT2D eigenvalue weighted by Gasteiger charge is -2.16. The van der Waals surface area contributed by atoms with Gasteiger partial charge in [-0.3, -0.25) is 0 Å². The molecule has 0 unspecified atom stereocenters. The number of benzene rings is 1. The average molecular weight is 288 g/mol.